The lowest BCUT2D eigenvalue weighted by atomic mass is 9.87. The second-order valence-electron chi connectivity index (χ2n) is 6.66. The molecule has 0 heterocycles. The number of hydrogen-bond acceptors (Lipinski definition) is 2. The molecule has 0 amide bonds. The van der Waals surface area contributed by atoms with Crippen molar-refractivity contribution < 1.29 is 0 Å². The van der Waals surface area contributed by atoms with Gasteiger partial charge in [0.05, 0.1) is 0 Å². The topological polar surface area (TPSA) is 38.0 Å². The zero-order valence-corrected chi connectivity index (χ0v) is 11.6. The molecule has 0 aliphatic heterocycles. The van der Waals surface area contributed by atoms with Gasteiger partial charge in [-0.25, -0.2) is 0 Å². The van der Waals surface area contributed by atoms with Crippen LogP contribution in [0.3, 0.4) is 0 Å². The monoisotopic (exact) mass is 226 g/mol. The Balaban J connectivity index is 1.99. The highest BCUT2D eigenvalue weighted by Crippen LogP contribution is 2.34. The van der Waals surface area contributed by atoms with Gasteiger partial charge in [-0.2, -0.15) is 0 Å². The van der Waals surface area contributed by atoms with Crippen LogP contribution in [0.2, 0.25) is 0 Å². The molecule has 0 aromatic heterocycles. The molecular formula is C14H30N2. The highest BCUT2D eigenvalue weighted by molar-refractivity contribution is 4.92. The quantitative estimate of drug-likeness (QED) is 0.700. The van der Waals surface area contributed by atoms with Gasteiger partial charge in [-0.3, -0.25) is 0 Å². The molecule has 1 fully saturated rings. The van der Waals surface area contributed by atoms with Crippen molar-refractivity contribution in [1.82, 2.24) is 5.32 Å². The Morgan fingerprint density at radius 3 is 2.62 bits per heavy atom. The molecule has 2 nitrogen and oxygen atoms in total. The highest BCUT2D eigenvalue weighted by Gasteiger charge is 2.35. The summed E-state index contributed by atoms with van der Waals surface area (Å²) in [5, 5.41) is 3.63. The molecule has 0 bridgehead atoms. The summed E-state index contributed by atoms with van der Waals surface area (Å²) < 4.78 is 0. The molecule has 3 atom stereocenters. The molecule has 0 radical (unpaired) electrons. The average Bonchev–Trinajstić information content (AvgIpc) is 2.81. The minimum absolute atomic E-state index is 0.357. The van der Waals surface area contributed by atoms with Crippen LogP contribution in [0, 0.1) is 11.3 Å². The van der Waals surface area contributed by atoms with Crippen molar-refractivity contribution in [2.45, 2.75) is 71.9 Å². The Bertz CT molecular complexity index is 195. The first-order valence-electron chi connectivity index (χ1n) is 6.91. The van der Waals surface area contributed by atoms with Crippen LogP contribution in [0.1, 0.15) is 59.8 Å². The maximum atomic E-state index is 6.12. The van der Waals surface area contributed by atoms with E-state index in [0.29, 0.717) is 11.5 Å². The number of rotatable bonds is 7. The molecule has 2 heteroatoms. The Kier molecular flexibility index (Phi) is 5.26. The van der Waals surface area contributed by atoms with Crippen molar-refractivity contribution in [3.63, 3.8) is 0 Å². The summed E-state index contributed by atoms with van der Waals surface area (Å²) in [6.45, 7) is 10.2. The van der Waals surface area contributed by atoms with E-state index in [1.165, 1.54) is 19.3 Å². The Hall–Kier alpha value is -0.0800. The van der Waals surface area contributed by atoms with Gasteiger partial charge in [0.15, 0.2) is 0 Å². The van der Waals surface area contributed by atoms with Crippen LogP contribution in [0.5, 0.6) is 0 Å². The average molecular weight is 226 g/mol. The molecule has 16 heavy (non-hydrogen) atoms. The van der Waals surface area contributed by atoms with Crippen LogP contribution in [0.15, 0.2) is 0 Å². The zero-order chi connectivity index (χ0) is 12.2. The van der Waals surface area contributed by atoms with Gasteiger partial charge in [-0.05, 0) is 43.6 Å². The highest BCUT2D eigenvalue weighted by atomic mass is 15.0. The molecule has 0 aromatic rings. The first-order chi connectivity index (χ1) is 7.42. The van der Waals surface area contributed by atoms with E-state index in [9.17, 15) is 0 Å². The second kappa shape index (κ2) is 6.02. The van der Waals surface area contributed by atoms with E-state index in [1.807, 2.05) is 0 Å². The van der Waals surface area contributed by atoms with E-state index in [0.717, 1.165) is 31.3 Å². The van der Waals surface area contributed by atoms with Gasteiger partial charge in [-0.15, -0.1) is 0 Å². The predicted molar refractivity (Wildman–Crippen MR) is 71.5 cm³/mol. The van der Waals surface area contributed by atoms with Gasteiger partial charge in [0, 0.05) is 12.1 Å². The summed E-state index contributed by atoms with van der Waals surface area (Å²) in [4.78, 5) is 0. The smallest absolute Gasteiger partial charge is 0.00991 e. The van der Waals surface area contributed by atoms with E-state index >= 15 is 0 Å². The summed E-state index contributed by atoms with van der Waals surface area (Å²) in [7, 11) is 0. The second-order valence-corrected chi connectivity index (χ2v) is 6.66. The van der Waals surface area contributed by atoms with Crippen molar-refractivity contribution in [3.8, 4) is 0 Å². The lowest BCUT2D eigenvalue weighted by molar-refractivity contribution is 0.328. The molecule has 1 aliphatic carbocycles. The van der Waals surface area contributed by atoms with E-state index < -0.39 is 0 Å². The van der Waals surface area contributed by atoms with Gasteiger partial charge in [0.1, 0.15) is 0 Å². The summed E-state index contributed by atoms with van der Waals surface area (Å²) in [6.07, 6.45) is 6.35. The normalized spacial score (nSPS) is 26.8. The van der Waals surface area contributed by atoms with E-state index in [4.69, 9.17) is 5.73 Å². The predicted octanol–water partition coefficient (Wildman–Crippen LogP) is 2.92. The van der Waals surface area contributed by atoms with Gasteiger partial charge in [0.2, 0.25) is 0 Å². The van der Waals surface area contributed by atoms with Crippen molar-refractivity contribution in [2.75, 3.05) is 6.54 Å². The summed E-state index contributed by atoms with van der Waals surface area (Å²) in [5.41, 5.74) is 6.48. The molecule has 1 aliphatic rings. The van der Waals surface area contributed by atoms with Crippen LogP contribution in [-0.4, -0.2) is 18.6 Å². The van der Waals surface area contributed by atoms with E-state index in [1.54, 1.807) is 0 Å². The fraction of sp³-hybridized carbons (Fsp3) is 1.00. The fourth-order valence-electron chi connectivity index (χ4n) is 2.53. The van der Waals surface area contributed by atoms with Crippen LogP contribution in [0.4, 0.5) is 0 Å². The number of nitrogens with two attached hydrogens (primary N) is 1. The minimum Gasteiger partial charge on any atom is -0.328 e. The van der Waals surface area contributed by atoms with E-state index in [2.05, 4.69) is 33.0 Å². The molecule has 3 N–H and O–H groups in total. The third kappa shape index (κ3) is 5.86. The lowest BCUT2D eigenvalue weighted by Crippen LogP contribution is -2.31. The standard InChI is InChI=1S/C14H30N2/c1-5-6-11-9-13(11)16-8-7-12(15)10-14(2,3)4/h11-13,16H,5-10,15H2,1-4H3. The Labute approximate surface area is 101 Å². The first kappa shape index (κ1) is 14.0. The molecule has 1 rings (SSSR count). The molecule has 1 saturated carbocycles. The molecule has 0 spiro atoms. The van der Waals surface area contributed by atoms with Crippen LogP contribution >= 0.6 is 0 Å². The summed E-state index contributed by atoms with van der Waals surface area (Å²) >= 11 is 0. The molecule has 0 saturated heterocycles. The summed E-state index contributed by atoms with van der Waals surface area (Å²) in [6, 6.07) is 1.16. The molecule has 96 valence electrons. The third-order valence-corrected chi connectivity index (χ3v) is 3.38. The van der Waals surface area contributed by atoms with E-state index in [-0.39, 0.29) is 0 Å². The van der Waals surface area contributed by atoms with Crippen LogP contribution in [0.25, 0.3) is 0 Å². The van der Waals surface area contributed by atoms with Crippen LogP contribution in [-0.2, 0) is 0 Å². The van der Waals surface area contributed by atoms with Gasteiger partial charge in [-0.1, -0.05) is 34.1 Å². The molecular weight excluding hydrogens is 196 g/mol. The SMILES string of the molecule is CCCC1CC1NCCC(N)CC(C)(C)C. The van der Waals surface area contributed by atoms with Crippen molar-refractivity contribution in [3.05, 3.63) is 0 Å². The Morgan fingerprint density at radius 2 is 2.06 bits per heavy atom. The third-order valence-electron chi connectivity index (χ3n) is 3.38. The van der Waals surface area contributed by atoms with Crippen LogP contribution < -0.4 is 11.1 Å². The number of nitrogens with one attached hydrogen (secondary N) is 1. The van der Waals surface area contributed by atoms with Crippen molar-refractivity contribution in [1.29, 1.82) is 0 Å². The first-order valence-corrected chi connectivity index (χ1v) is 6.91. The van der Waals surface area contributed by atoms with Gasteiger partial charge >= 0.3 is 0 Å². The zero-order valence-electron chi connectivity index (χ0n) is 11.6. The van der Waals surface area contributed by atoms with Crippen molar-refractivity contribution in [2.24, 2.45) is 17.1 Å². The van der Waals surface area contributed by atoms with Gasteiger partial charge in [0.25, 0.3) is 0 Å². The summed E-state index contributed by atoms with van der Waals surface area (Å²) in [5.74, 6) is 0.962. The van der Waals surface area contributed by atoms with Crippen molar-refractivity contribution >= 4 is 0 Å². The maximum Gasteiger partial charge on any atom is 0.00991 e. The largest absolute Gasteiger partial charge is 0.328 e. The molecule has 3 unspecified atom stereocenters. The molecule has 0 aromatic carbocycles. The van der Waals surface area contributed by atoms with Gasteiger partial charge < -0.3 is 11.1 Å². The fourth-order valence-corrected chi connectivity index (χ4v) is 2.53. The lowest BCUT2D eigenvalue weighted by Gasteiger charge is -2.23. The maximum absolute atomic E-state index is 6.12. The minimum atomic E-state index is 0.357. The number of hydrogen-bond donors (Lipinski definition) is 2. The Morgan fingerprint density at radius 1 is 1.38 bits per heavy atom.